The summed E-state index contributed by atoms with van der Waals surface area (Å²) in [5.74, 6) is 0. The molecular weight excluding hydrogens is 101 g/mol. The summed E-state index contributed by atoms with van der Waals surface area (Å²) in [5.41, 5.74) is -0.435. The summed E-state index contributed by atoms with van der Waals surface area (Å²) < 4.78 is 0. The summed E-state index contributed by atoms with van der Waals surface area (Å²) in [6, 6.07) is 0. The molecule has 0 aromatic rings. The van der Waals surface area contributed by atoms with Crippen molar-refractivity contribution < 1.29 is 10.0 Å². The summed E-state index contributed by atoms with van der Waals surface area (Å²) in [6.45, 7) is 0. The third-order valence-electron chi connectivity index (χ3n) is 0.319. The summed E-state index contributed by atoms with van der Waals surface area (Å²) in [6.07, 6.45) is 0. The van der Waals surface area contributed by atoms with E-state index in [9.17, 15) is 4.79 Å². The highest BCUT2D eigenvalue weighted by Gasteiger charge is 1.90. The average molecular weight is 107 g/mol. The normalized spacial score (nSPS) is 7.83. The van der Waals surface area contributed by atoms with Crippen LogP contribution in [0.4, 0.5) is 4.79 Å². The first-order valence-electron chi connectivity index (χ1n) is 1.36. The Morgan fingerprint density at radius 2 is 2.17 bits per heavy atom. The molecular formula is C2H6NO2P. The molecule has 1 N–H and O–H groups in total. The molecule has 0 aliphatic heterocycles. The minimum Gasteiger partial charge on any atom is -0.286 e. The van der Waals surface area contributed by atoms with Gasteiger partial charge in [-0.3, -0.25) is 10.0 Å². The quantitative estimate of drug-likeness (QED) is 0.275. The third kappa shape index (κ3) is 2.12. The number of hydroxylamine groups is 2. The molecule has 4 heteroatoms. The van der Waals surface area contributed by atoms with E-state index in [0.717, 1.165) is 0 Å². The van der Waals surface area contributed by atoms with Crippen LogP contribution < -0.4 is 0 Å². The fourth-order valence-electron chi connectivity index (χ4n) is 0. The maximum atomic E-state index is 9.78. The van der Waals surface area contributed by atoms with Gasteiger partial charge in [0, 0.05) is 7.05 Å². The van der Waals surface area contributed by atoms with Crippen LogP contribution in [0.1, 0.15) is 0 Å². The molecule has 0 saturated heterocycles. The van der Waals surface area contributed by atoms with Crippen LogP contribution >= 0.6 is 9.24 Å². The summed E-state index contributed by atoms with van der Waals surface area (Å²) >= 11 is 0. The lowest BCUT2D eigenvalue weighted by Crippen LogP contribution is -2.13. The van der Waals surface area contributed by atoms with Crippen LogP contribution in [0.2, 0.25) is 0 Å². The maximum absolute atomic E-state index is 9.78. The van der Waals surface area contributed by atoms with E-state index in [1.165, 1.54) is 7.05 Å². The lowest BCUT2D eigenvalue weighted by molar-refractivity contribution is -0.00564. The van der Waals surface area contributed by atoms with Crippen molar-refractivity contribution >= 4 is 14.9 Å². The van der Waals surface area contributed by atoms with Gasteiger partial charge in [0.15, 0.2) is 0 Å². The van der Waals surface area contributed by atoms with Crippen LogP contribution in [0.3, 0.4) is 0 Å². The van der Waals surface area contributed by atoms with Crippen molar-refractivity contribution in [2.75, 3.05) is 7.05 Å². The number of hydrogen-bond donors (Lipinski definition) is 1. The second kappa shape index (κ2) is 2.11. The van der Waals surface area contributed by atoms with Gasteiger partial charge in [-0.05, 0) is 9.24 Å². The van der Waals surface area contributed by atoms with Crippen molar-refractivity contribution in [3.05, 3.63) is 0 Å². The summed E-state index contributed by atoms with van der Waals surface area (Å²) in [7, 11) is 3.07. The van der Waals surface area contributed by atoms with Crippen molar-refractivity contribution in [2.45, 2.75) is 0 Å². The fourth-order valence-corrected chi connectivity index (χ4v) is 0. The van der Waals surface area contributed by atoms with Crippen molar-refractivity contribution in [2.24, 2.45) is 0 Å². The molecule has 1 amide bonds. The van der Waals surface area contributed by atoms with E-state index < -0.39 is 5.65 Å². The number of nitrogens with zero attached hydrogens (tertiary/aromatic N) is 1. The summed E-state index contributed by atoms with van der Waals surface area (Å²) in [5, 5.41) is 8.58. The van der Waals surface area contributed by atoms with Crippen LogP contribution in [0.5, 0.6) is 0 Å². The maximum Gasteiger partial charge on any atom is 0.260 e. The number of carbonyl (C=O) groups is 1. The molecule has 1 atom stereocenters. The van der Waals surface area contributed by atoms with Gasteiger partial charge in [0.1, 0.15) is 0 Å². The van der Waals surface area contributed by atoms with Gasteiger partial charge in [0.25, 0.3) is 5.65 Å². The monoisotopic (exact) mass is 107 g/mol. The Kier molecular flexibility index (Phi) is 2.06. The Morgan fingerprint density at radius 1 is 2.00 bits per heavy atom. The first-order valence-corrected chi connectivity index (χ1v) is 1.94. The number of hydrogen-bond acceptors (Lipinski definition) is 2. The van der Waals surface area contributed by atoms with Gasteiger partial charge in [0.2, 0.25) is 0 Å². The third-order valence-corrected chi connectivity index (χ3v) is 0.693. The molecule has 6 heavy (non-hydrogen) atoms. The Balaban J connectivity index is 3.26. The minimum absolute atomic E-state index is 0.435. The van der Waals surface area contributed by atoms with E-state index in [1.54, 1.807) is 0 Å². The van der Waals surface area contributed by atoms with Crippen LogP contribution in [0, 0.1) is 0 Å². The van der Waals surface area contributed by atoms with E-state index in [2.05, 4.69) is 0 Å². The van der Waals surface area contributed by atoms with Crippen LogP contribution in [0.15, 0.2) is 0 Å². The SMILES string of the molecule is CN(O)C(=O)P. The van der Waals surface area contributed by atoms with Gasteiger partial charge in [-0.25, -0.2) is 5.06 Å². The van der Waals surface area contributed by atoms with E-state index in [1.807, 2.05) is 9.24 Å². The Hall–Kier alpha value is -0.140. The molecule has 0 spiro atoms. The van der Waals surface area contributed by atoms with Gasteiger partial charge in [-0.15, -0.1) is 0 Å². The highest BCUT2D eigenvalue weighted by atomic mass is 31.0. The van der Waals surface area contributed by atoms with E-state index in [-0.39, 0.29) is 0 Å². The topological polar surface area (TPSA) is 40.5 Å². The van der Waals surface area contributed by atoms with Crippen molar-refractivity contribution in [1.82, 2.24) is 5.06 Å². The van der Waals surface area contributed by atoms with Crippen LogP contribution in [-0.2, 0) is 0 Å². The molecule has 0 radical (unpaired) electrons. The fraction of sp³-hybridized carbons (Fsp3) is 0.500. The zero-order chi connectivity index (χ0) is 5.15. The average Bonchev–Trinajstić information content (AvgIpc) is 1.36. The van der Waals surface area contributed by atoms with Crippen molar-refractivity contribution in [3.8, 4) is 0 Å². The lowest BCUT2D eigenvalue weighted by Gasteiger charge is -1.99. The second-order valence-electron chi connectivity index (χ2n) is 0.862. The molecule has 36 valence electrons. The zero-order valence-corrected chi connectivity index (χ0v) is 4.53. The molecule has 1 unspecified atom stereocenters. The van der Waals surface area contributed by atoms with E-state index in [4.69, 9.17) is 5.21 Å². The highest BCUT2D eigenvalue weighted by molar-refractivity contribution is 7.39. The largest absolute Gasteiger partial charge is 0.286 e. The van der Waals surface area contributed by atoms with Gasteiger partial charge in [0.05, 0.1) is 0 Å². The van der Waals surface area contributed by atoms with Gasteiger partial charge < -0.3 is 0 Å². The predicted molar refractivity (Wildman–Crippen MR) is 24.7 cm³/mol. The number of carbonyl (C=O) groups excluding carboxylic acids is 1. The van der Waals surface area contributed by atoms with E-state index >= 15 is 0 Å². The molecule has 0 heterocycles. The molecule has 0 aromatic carbocycles. The van der Waals surface area contributed by atoms with Gasteiger partial charge >= 0.3 is 0 Å². The molecule has 0 aliphatic rings. The number of amides is 1. The molecule has 0 aliphatic carbocycles. The van der Waals surface area contributed by atoms with Crippen LogP contribution in [0.25, 0.3) is 0 Å². The minimum atomic E-state index is -0.435. The smallest absolute Gasteiger partial charge is 0.260 e. The predicted octanol–water partition coefficient (Wildman–Crippen LogP) is 0.303. The van der Waals surface area contributed by atoms with Gasteiger partial charge in [-0.2, -0.15) is 0 Å². The molecule has 0 fully saturated rings. The second-order valence-corrected chi connectivity index (χ2v) is 1.36. The highest BCUT2D eigenvalue weighted by Crippen LogP contribution is 1.87. The van der Waals surface area contributed by atoms with Gasteiger partial charge in [-0.1, -0.05) is 0 Å². The summed E-state index contributed by atoms with van der Waals surface area (Å²) in [4.78, 5) is 9.78. The molecule has 0 bridgehead atoms. The molecule has 0 aromatic heterocycles. The first kappa shape index (κ1) is 5.86. The Labute approximate surface area is 38.1 Å². The van der Waals surface area contributed by atoms with Crippen LogP contribution in [-0.4, -0.2) is 23.0 Å². The van der Waals surface area contributed by atoms with Crippen molar-refractivity contribution in [3.63, 3.8) is 0 Å². The Bertz CT molecular complexity index is 62.6. The number of rotatable bonds is 0. The van der Waals surface area contributed by atoms with Crippen molar-refractivity contribution in [1.29, 1.82) is 0 Å². The zero-order valence-electron chi connectivity index (χ0n) is 3.38. The van der Waals surface area contributed by atoms with E-state index in [0.29, 0.717) is 5.06 Å². The first-order chi connectivity index (χ1) is 2.64. The molecule has 0 saturated carbocycles. The molecule has 0 rings (SSSR count). The Morgan fingerprint density at radius 3 is 2.17 bits per heavy atom. The standard InChI is InChI=1S/C2H6NO2P/c1-3(5)2(4)6/h5H,6H2,1H3. The molecule has 3 nitrogen and oxygen atoms in total. The lowest BCUT2D eigenvalue weighted by atomic mass is 11.2.